The molecule has 5 nitrogen and oxygen atoms in total. The van der Waals surface area contributed by atoms with Gasteiger partial charge in [0, 0.05) is 24.3 Å². The van der Waals surface area contributed by atoms with Crippen LogP contribution in [0.1, 0.15) is 32.0 Å². The molecule has 5 heteroatoms. The number of nitrogens with one attached hydrogen (secondary N) is 1. The number of rotatable bonds is 8. The van der Waals surface area contributed by atoms with E-state index in [1.165, 1.54) is 5.56 Å². The third kappa shape index (κ3) is 5.00. The van der Waals surface area contributed by atoms with Crippen LogP contribution in [0.2, 0.25) is 0 Å². The third-order valence-electron chi connectivity index (χ3n) is 4.37. The van der Waals surface area contributed by atoms with Crippen molar-refractivity contribution >= 4 is 17.5 Å². The Kier molecular flexibility index (Phi) is 6.48. The van der Waals surface area contributed by atoms with Crippen molar-refractivity contribution in [3.63, 3.8) is 0 Å². The summed E-state index contributed by atoms with van der Waals surface area (Å²) in [5.74, 6) is 2.29. The fourth-order valence-corrected chi connectivity index (χ4v) is 3.00. The summed E-state index contributed by atoms with van der Waals surface area (Å²) in [4.78, 5) is 11.7. The second-order valence-electron chi connectivity index (χ2n) is 6.96. The van der Waals surface area contributed by atoms with E-state index >= 15 is 0 Å². The molecule has 0 amide bonds. The predicted octanol–water partition coefficient (Wildman–Crippen LogP) is 5.34. The number of hydrogen-bond donors (Lipinski definition) is 1. The van der Waals surface area contributed by atoms with Crippen LogP contribution in [-0.4, -0.2) is 22.6 Å². The first-order valence-electron chi connectivity index (χ1n) is 9.72. The number of para-hydroxylation sites is 2. The quantitative estimate of drug-likeness (QED) is 0.575. The highest BCUT2D eigenvalue weighted by atomic mass is 16.5. The lowest BCUT2D eigenvalue weighted by atomic mass is 10.2. The molecule has 3 rings (SSSR count). The normalized spacial score (nSPS) is 10.8. The summed E-state index contributed by atoms with van der Waals surface area (Å²) in [5.41, 5.74) is 3.05. The highest BCUT2D eigenvalue weighted by Gasteiger charge is 2.16. The number of ether oxygens (including phenoxy) is 1. The Morgan fingerprint density at radius 1 is 1.00 bits per heavy atom. The molecular formula is C23H28N4O. The second-order valence-corrected chi connectivity index (χ2v) is 6.96. The Bertz CT molecular complexity index is 896. The smallest absolute Gasteiger partial charge is 0.228 e. The maximum Gasteiger partial charge on any atom is 0.228 e. The van der Waals surface area contributed by atoms with E-state index in [0.717, 1.165) is 35.4 Å². The van der Waals surface area contributed by atoms with Gasteiger partial charge >= 0.3 is 0 Å². The molecule has 1 heterocycles. The molecule has 1 N–H and O–H groups in total. The van der Waals surface area contributed by atoms with Gasteiger partial charge in [-0.3, -0.25) is 0 Å². The minimum Gasteiger partial charge on any atom is -0.492 e. The van der Waals surface area contributed by atoms with Gasteiger partial charge in [0.05, 0.1) is 12.3 Å². The van der Waals surface area contributed by atoms with E-state index in [0.29, 0.717) is 6.61 Å². The molecule has 28 heavy (non-hydrogen) atoms. The largest absolute Gasteiger partial charge is 0.492 e. The minimum absolute atomic E-state index is 0.269. The number of aryl methyl sites for hydroxylation is 1. The zero-order valence-corrected chi connectivity index (χ0v) is 17.0. The van der Waals surface area contributed by atoms with Gasteiger partial charge in [-0.05, 0) is 45.4 Å². The van der Waals surface area contributed by atoms with Gasteiger partial charge in [-0.15, -0.1) is 0 Å². The number of anilines is 3. The first-order valence-corrected chi connectivity index (χ1v) is 9.72. The molecule has 0 atom stereocenters. The van der Waals surface area contributed by atoms with E-state index < -0.39 is 0 Å². The van der Waals surface area contributed by atoms with Gasteiger partial charge in [-0.25, -0.2) is 4.98 Å². The topological polar surface area (TPSA) is 50.3 Å². The maximum atomic E-state index is 5.72. The van der Waals surface area contributed by atoms with E-state index in [9.17, 15) is 0 Å². The Morgan fingerprint density at radius 3 is 2.43 bits per heavy atom. The van der Waals surface area contributed by atoms with Crippen molar-refractivity contribution in [1.82, 2.24) is 9.97 Å². The van der Waals surface area contributed by atoms with Gasteiger partial charge in [0.1, 0.15) is 11.6 Å². The molecule has 0 saturated carbocycles. The van der Waals surface area contributed by atoms with Gasteiger partial charge in [0.25, 0.3) is 0 Å². The van der Waals surface area contributed by atoms with E-state index in [-0.39, 0.29) is 6.04 Å². The molecule has 3 aromatic rings. The minimum atomic E-state index is 0.269. The SMILES string of the molecule is CCOc1ccccc1Nc1cc(C)nc(N(Cc2ccccc2)C(C)C)n1. The van der Waals surface area contributed by atoms with Crippen LogP contribution < -0.4 is 15.0 Å². The van der Waals surface area contributed by atoms with Crippen LogP contribution in [-0.2, 0) is 6.54 Å². The monoisotopic (exact) mass is 376 g/mol. The average molecular weight is 377 g/mol. The first-order chi connectivity index (χ1) is 13.6. The molecule has 0 spiro atoms. The van der Waals surface area contributed by atoms with Crippen molar-refractivity contribution in [3.05, 3.63) is 71.9 Å². The second kappa shape index (κ2) is 9.22. The number of aromatic nitrogens is 2. The molecule has 0 bridgehead atoms. The Hall–Kier alpha value is -3.08. The van der Waals surface area contributed by atoms with Gasteiger partial charge in [-0.2, -0.15) is 4.98 Å². The summed E-state index contributed by atoms with van der Waals surface area (Å²) in [7, 11) is 0. The first kappa shape index (κ1) is 19.7. The molecule has 2 aromatic carbocycles. The molecule has 0 unspecified atom stereocenters. The third-order valence-corrected chi connectivity index (χ3v) is 4.37. The van der Waals surface area contributed by atoms with Crippen LogP contribution in [0.15, 0.2) is 60.7 Å². The van der Waals surface area contributed by atoms with Crippen molar-refractivity contribution in [1.29, 1.82) is 0 Å². The predicted molar refractivity (Wildman–Crippen MR) is 115 cm³/mol. The lowest BCUT2D eigenvalue weighted by molar-refractivity contribution is 0.342. The van der Waals surface area contributed by atoms with Crippen LogP contribution in [0.5, 0.6) is 5.75 Å². The summed E-state index contributed by atoms with van der Waals surface area (Å²) in [6, 6.07) is 20.5. The van der Waals surface area contributed by atoms with Crippen LogP contribution in [0.25, 0.3) is 0 Å². The number of nitrogens with zero attached hydrogens (tertiary/aromatic N) is 3. The van der Waals surface area contributed by atoms with Crippen LogP contribution in [0.4, 0.5) is 17.5 Å². The summed E-state index contributed by atoms with van der Waals surface area (Å²) in [6.45, 7) is 9.67. The number of benzene rings is 2. The van der Waals surface area contributed by atoms with Gasteiger partial charge in [0.15, 0.2) is 0 Å². The highest BCUT2D eigenvalue weighted by Crippen LogP contribution is 2.28. The average Bonchev–Trinajstić information content (AvgIpc) is 2.68. The van der Waals surface area contributed by atoms with E-state index in [1.54, 1.807) is 0 Å². The fraction of sp³-hybridized carbons (Fsp3) is 0.304. The molecule has 0 aliphatic rings. The molecule has 0 fully saturated rings. The highest BCUT2D eigenvalue weighted by molar-refractivity contribution is 5.65. The van der Waals surface area contributed by atoms with Crippen molar-refractivity contribution in [2.45, 2.75) is 40.3 Å². The van der Waals surface area contributed by atoms with Gasteiger partial charge < -0.3 is 15.0 Å². The van der Waals surface area contributed by atoms with Crippen molar-refractivity contribution in [3.8, 4) is 5.75 Å². The lowest BCUT2D eigenvalue weighted by Gasteiger charge is -2.27. The van der Waals surface area contributed by atoms with E-state index in [4.69, 9.17) is 14.7 Å². The van der Waals surface area contributed by atoms with Crippen molar-refractivity contribution in [2.75, 3.05) is 16.8 Å². The summed E-state index contributed by atoms with van der Waals surface area (Å²) >= 11 is 0. The Morgan fingerprint density at radius 2 is 1.71 bits per heavy atom. The zero-order chi connectivity index (χ0) is 19.9. The zero-order valence-electron chi connectivity index (χ0n) is 17.0. The molecular weight excluding hydrogens is 348 g/mol. The van der Waals surface area contributed by atoms with Crippen molar-refractivity contribution in [2.24, 2.45) is 0 Å². The van der Waals surface area contributed by atoms with Crippen LogP contribution in [0, 0.1) is 6.92 Å². The standard InChI is InChI=1S/C23H28N4O/c1-5-28-21-14-10-9-13-20(21)25-22-15-18(4)24-23(26-22)27(17(2)3)16-19-11-7-6-8-12-19/h6-15,17H,5,16H2,1-4H3,(H,24,25,26). The maximum absolute atomic E-state index is 5.72. The summed E-state index contributed by atoms with van der Waals surface area (Å²) < 4.78 is 5.72. The van der Waals surface area contributed by atoms with E-state index in [1.807, 2.05) is 50.2 Å². The van der Waals surface area contributed by atoms with Crippen LogP contribution in [0.3, 0.4) is 0 Å². The van der Waals surface area contributed by atoms with Crippen LogP contribution >= 0.6 is 0 Å². The summed E-state index contributed by atoms with van der Waals surface area (Å²) in [6.07, 6.45) is 0. The molecule has 0 aliphatic heterocycles. The van der Waals surface area contributed by atoms with Crippen molar-refractivity contribution < 1.29 is 4.74 Å². The lowest BCUT2D eigenvalue weighted by Crippen LogP contribution is -2.32. The van der Waals surface area contributed by atoms with E-state index in [2.05, 4.69) is 48.3 Å². The summed E-state index contributed by atoms with van der Waals surface area (Å²) in [5, 5.41) is 3.39. The Balaban J connectivity index is 1.89. The fourth-order valence-electron chi connectivity index (χ4n) is 3.00. The molecule has 0 saturated heterocycles. The number of hydrogen-bond acceptors (Lipinski definition) is 5. The molecule has 146 valence electrons. The molecule has 0 aliphatic carbocycles. The molecule has 1 aromatic heterocycles. The van der Waals surface area contributed by atoms with Gasteiger partial charge in [-0.1, -0.05) is 42.5 Å². The van der Waals surface area contributed by atoms with Gasteiger partial charge in [0.2, 0.25) is 5.95 Å². The Labute approximate surface area is 167 Å². The molecule has 0 radical (unpaired) electrons.